The number of aliphatic hydroxyl groups is 1. The Labute approximate surface area is 144 Å². The van der Waals surface area contributed by atoms with E-state index < -0.39 is 0 Å². The standard InChI is InChI=1S/C17H19N5OS/c1-12(11-23)20-17-21-15(13-4-2-6-18-9-13)8-16(22-17)19-10-14-5-3-7-24-14/h2-9,12,23H,10-11H2,1H3,(H2,19,20,21,22)/t12-/m1/s1. The van der Waals surface area contributed by atoms with E-state index in [1.807, 2.05) is 36.6 Å². The van der Waals surface area contributed by atoms with Crippen LogP contribution in [0.3, 0.4) is 0 Å². The Morgan fingerprint density at radius 3 is 2.88 bits per heavy atom. The topological polar surface area (TPSA) is 83.0 Å². The molecule has 3 N–H and O–H groups in total. The second-order valence-corrected chi connectivity index (χ2v) is 6.40. The summed E-state index contributed by atoms with van der Waals surface area (Å²) in [4.78, 5) is 14.4. The molecule has 3 heterocycles. The van der Waals surface area contributed by atoms with Crippen LogP contribution in [0.5, 0.6) is 0 Å². The van der Waals surface area contributed by atoms with Crippen LogP contribution in [0.2, 0.25) is 0 Å². The number of hydrogen-bond donors (Lipinski definition) is 3. The van der Waals surface area contributed by atoms with Crippen molar-refractivity contribution < 1.29 is 5.11 Å². The van der Waals surface area contributed by atoms with Crippen LogP contribution < -0.4 is 10.6 Å². The number of nitrogens with one attached hydrogen (secondary N) is 2. The van der Waals surface area contributed by atoms with Crippen LogP contribution in [0, 0.1) is 0 Å². The van der Waals surface area contributed by atoms with Crippen LogP contribution in [0.1, 0.15) is 11.8 Å². The Morgan fingerprint density at radius 1 is 1.25 bits per heavy atom. The lowest BCUT2D eigenvalue weighted by atomic mass is 10.2. The number of hydrogen-bond acceptors (Lipinski definition) is 7. The first-order valence-corrected chi connectivity index (χ1v) is 8.55. The van der Waals surface area contributed by atoms with Crippen molar-refractivity contribution in [1.82, 2.24) is 15.0 Å². The van der Waals surface area contributed by atoms with Crippen LogP contribution in [-0.2, 0) is 6.54 Å². The Kier molecular flexibility index (Phi) is 5.35. The second kappa shape index (κ2) is 7.85. The molecule has 0 bridgehead atoms. The third-order valence-electron chi connectivity index (χ3n) is 3.36. The first kappa shape index (κ1) is 16.4. The van der Waals surface area contributed by atoms with Crippen molar-refractivity contribution in [3.63, 3.8) is 0 Å². The van der Waals surface area contributed by atoms with Gasteiger partial charge in [0, 0.05) is 34.9 Å². The maximum Gasteiger partial charge on any atom is 0.225 e. The summed E-state index contributed by atoms with van der Waals surface area (Å²) in [5.41, 5.74) is 1.69. The number of nitrogens with zero attached hydrogens (tertiary/aromatic N) is 3. The van der Waals surface area contributed by atoms with Crippen molar-refractivity contribution in [3.8, 4) is 11.3 Å². The van der Waals surface area contributed by atoms with Crippen molar-refractivity contribution in [2.75, 3.05) is 17.2 Å². The van der Waals surface area contributed by atoms with Crippen LogP contribution in [0.4, 0.5) is 11.8 Å². The van der Waals surface area contributed by atoms with Gasteiger partial charge >= 0.3 is 0 Å². The third kappa shape index (κ3) is 4.27. The predicted molar refractivity (Wildman–Crippen MR) is 97.1 cm³/mol. The van der Waals surface area contributed by atoms with Gasteiger partial charge < -0.3 is 15.7 Å². The maximum atomic E-state index is 9.24. The van der Waals surface area contributed by atoms with Crippen molar-refractivity contribution in [2.45, 2.75) is 19.5 Å². The van der Waals surface area contributed by atoms with Gasteiger partial charge in [-0.1, -0.05) is 6.07 Å². The van der Waals surface area contributed by atoms with Gasteiger partial charge in [0.25, 0.3) is 0 Å². The molecule has 6 nitrogen and oxygen atoms in total. The average molecular weight is 341 g/mol. The van der Waals surface area contributed by atoms with Crippen LogP contribution >= 0.6 is 11.3 Å². The average Bonchev–Trinajstić information content (AvgIpc) is 3.14. The van der Waals surface area contributed by atoms with E-state index in [1.54, 1.807) is 23.7 Å². The molecule has 0 fully saturated rings. The van der Waals surface area contributed by atoms with Gasteiger partial charge in [0.15, 0.2) is 0 Å². The van der Waals surface area contributed by atoms with Gasteiger partial charge in [-0.2, -0.15) is 4.98 Å². The molecule has 24 heavy (non-hydrogen) atoms. The zero-order valence-corrected chi connectivity index (χ0v) is 14.1. The number of thiophene rings is 1. The SMILES string of the molecule is C[C@H](CO)Nc1nc(NCc2cccs2)cc(-c2cccnc2)n1. The fourth-order valence-corrected chi connectivity index (χ4v) is 2.77. The van der Waals surface area contributed by atoms with Crippen molar-refractivity contribution in [2.24, 2.45) is 0 Å². The molecule has 3 aromatic rings. The lowest BCUT2D eigenvalue weighted by molar-refractivity contribution is 0.281. The summed E-state index contributed by atoms with van der Waals surface area (Å²) in [5, 5.41) is 17.7. The zero-order chi connectivity index (χ0) is 16.8. The number of aliphatic hydroxyl groups excluding tert-OH is 1. The fourth-order valence-electron chi connectivity index (χ4n) is 2.12. The molecule has 0 spiro atoms. The summed E-state index contributed by atoms with van der Waals surface area (Å²) >= 11 is 1.70. The molecule has 0 unspecified atom stereocenters. The minimum absolute atomic E-state index is 0.0123. The molecule has 0 saturated carbocycles. The van der Waals surface area contributed by atoms with Crippen LogP contribution in [-0.4, -0.2) is 32.7 Å². The molecule has 124 valence electrons. The lowest BCUT2D eigenvalue weighted by Crippen LogP contribution is -2.21. The van der Waals surface area contributed by atoms with E-state index in [2.05, 4.69) is 31.7 Å². The van der Waals surface area contributed by atoms with E-state index in [9.17, 15) is 5.11 Å². The Hall–Kier alpha value is -2.51. The Balaban J connectivity index is 1.87. The molecule has 0 aromatic carbocycles. The lowest BCUT2D eigenvalue weighted by Gasteiger charge is -2.14. The van der Waals surface area contributed by atoms with Gasteiger partial charge in [0.05, 0.1) is 18.8 Å². The maximum absolute atomic E-state index is 9.24. The van der Waals surface area contributed by atoms with E-state index >= 15 is 0 Å². The quantitative estimate of drug-likeness (QED) is 0.613. The summed E-state index contributed by atoms with van der Waals surface area (Å²) in [6, 6.07) is 9.71. The van der Waals surface area contributed by atoms with E-state index in [1.165, 1.54) is 4.88 Å². The number of anilines is 2. The molecule has 3 rings (SSSR count). The highest BCUT2D eigenvalue weighted by Gasteiger charge is 2.09. The molecular formula is C17H19N5OS. The minimum atomic E-state index is -0.126. The Bertz CT molecular complexity index is 764. The highest BCUT2D eigenvalue weighted by atomic mass is 32.1. The smallest absolute Gasteiger partial charge is 0.225 e. The molecule has 0 saturated heterocycles. The van der Waals surface area contributed by atoms with Crippen LogP contribution in [0.25, 0.3) is 11.3 Å². The van der Waals surface area contributed by atoms with Gasteiger partial charge in [-0.15, -0.1) is 11.3 Å². The van der Waals surface area contributed by atoms with Gasteiger partial charge in [-0.05, 0) is 30.5 Å². The van der Waals surface area contributed by atoms with Crippen molar-refractivity contribution >= 4 is 23.1 Å². The van der Waals surface area contributed by atoms with Crippen molar-refractivity contribution in [3.05, 3.63) is 53.0 Å². The van der Waals surface area contributed by atoms with E-state index in [0.29, 0.717) is 12.5 Å². The zero-order valence-electron chi connectivity index (χ0n) is 13.3. The molecule has 0 aliphatic rings. The van der Waals surface area contributed by atoms with E-state index in [-0.39, 0.29) is 12.6 Å². The molecule has 0 aliphatic carbocycles. The molecule has 3 aromatic heterocycles. The Morgan fingerprint density at radius 2 is 2.17 bits per heavy atom. The largest absolute Gasteiger partial charge is 0.394 e. The van der Waals surface area contributed by atoms with Gasteiger partial charge in [0.1, 0.15) is 5.82 Å². The molecule has 7 heteroatoms. The predicted octanol–water partition coefficient (Wildman–Crippen LogP) is 3.00. The molecular weight excluding hydrogens is 322 g/mol. The van der Waals surface area contributed by atoms with Crippen LogP contribution in [0.15, 0.2) is 48.1 Å². The van der Waals surface area contributed by atoms with Crippen molar-refractivity contribution in [1.29, 1.82) is 0 Å². The van der Waals surface area contributed by atoms with Gasteiger partial charge in [0.2, 0.25) is 5.95 Å². The fraction of sp³-hybridized carbons (Fsp3) is 0.235. The normalized spacial score (nSPS) is 11.9. The highest BCUT2D eigenvalue weighted by Crippen LogP contribution is 2.21. The molecule has 0 aliphatic heterocycles. The summed E-state index contributed by atoms with van der Waals surface area (Å²) in [5.74, 6) is 1.21. The molecule has 0 amide bonds. The summed E-state index contributed by atoms with van der Waals surface area (Å²) in [6.07, 6.45) is 3.50. The first-order chi connectivity index (χ1) is 11.7. The number of rotatable bonds is 7. The monoisotopic (exact) mass is 341 g/mol. The highest BCUT2D eigenvalue weighted by molar-refractivity contribution is 7.09. The number of pyridine rings is 1. The number of aromatic nitrogens is 3. The second-order valence-electron chi connectivity index (χ2n) is 5.36. The van der Waals surface area contributed by atoms with Gasteiger partial charge in [-0.3, -0.25) is 4.98 Å². The van der Waals surface area contributed by atoms with Gasteiger partial charge in [-0.25, -0.2) is 4.98 Å². The third-order valence-corrected chi connectivity index (χ3v) is 4.23. The van der Waals surface area contributed by atoms with E-state index in [0.717, 1.165) is 17.1 Å². The van der Waals surface area contributed by atoms with E-state index in [4.69, 9.17) is 0 Å². The summed E-state index contributed by atoms with van der Waals surface area (Å²) < 4.78 is 0. The summed E-state index contributed by atoms with van der Waals surface area (Å²) in [7, 11) is 0. The minimum Gasteiger partial charge on any atom is -0.394 e. The first-order valence-electron chi connectivity index (χ1n) is 7.67. The summed E-state index contributed by atoms with van der Waals surface area (Å²) in [6.45, 7) is 2.59. The molecule has 0 radical (unpaired) electrons. The molecule has 1 atom stereocenters.